The smallest absolute Gasteiger partial charge is 0.224 e. The monoisotopic (exact) mass is 236 g/mol. The molecule has 94 valence electrons. The molecule has 0 spiro atoms. The molecule has 0 atom stereocenters. The van der Waals surface area contributed by atoms with Crippen LogP contribution in [0.1, 0.15) is 31.9 Å². The Labute approximate surface area is 102 Å². The Hall–Kier alpha value is -1.29. The average molecular weight is 236 g/mol. The van der Waals surface area contributed by atoms with Crippen LogP contribution in [0.2, 0.25) is 0 Å². The van der Waals surface area contributed by atoms with E-state index in [9.17, 15) is 4.79 Å². The summed E-state index contributed by atoms with van der Waals surface area (Å²) < 4.78 is 5.31. The van der Waals surface area contributed by atoms with E-state index in [2.05, 4.69) is 5.32 Å². The minimum atomic E-state index is 0.227. The second-order valence-corrected chi connectivity index (χ2v) is 4.44. The maximum Gasteiger partial charge on any atom is 0.224 e. The van der Waals surface area contributed by atoms with E-state index in [1.165, 1.54) is 0 Å². The number of carbonyl (C=O) groups excluding carboxylic acids is 1. The summed E-state index contributed by atoms with van der Waals surface area (Å²) in [7, 11) is 0. The van der Waals surface area contributed by atoms with Crippen LogP contribution in [-0.2, 0) is 11.3 Å². The van der Waals surface area contributed by atoms with Crippen LogP contribution in [0.15, 0.2) is 22.8 Å². The van der Waals surface area contributed by atoms with E-state index in [1.807, 2.05) is 24.0 Å². The lowest BCUT2D eigenvalue weighted by Crippen LogP contribution is -2.34. The molecule has 0 aliphatic heterocycles. The Morgan fingerprint density at radius 1 is 1.59 bits per heavy atom. The maximum atomic E-state index is 12.1. The quantitative estimate of drug-likeness (QED) is 0.734. The second kappa shape index (κ2) is 5.87. The number of rotatable bonds is 7. The van der Waals surface area contributed by atoms with Gasteiger partial charge in [-0.3, -0.25) is 4.79 Å². The van der Waals surface area contributed by atoms with Gasteiger partial charge in [0.05, 0.1) is 12.8 Å². The molecule has 1 amide bonds. The average Bonchev–Trinajstić information content (AvgIpc) is 3.03. The van der Waals surface area contributed by atoms with E-state index in [1.54, 1.807) is 6.26 Å². The van der Waals surface area contributed by atoms with Crippen LogP contribution >= 0.6 is 0 Å². The lowest BCUT2D eigenvalue weighted by atomic mass is 10.3. The number of furan rings is 1. The van der Waals surface area contributed by atoms with Crippen molar-refractivity contribution in [1.82, 2.24) is 10.2 Å². The van der Waals surface area contributed by atoms with Crippen molar-refractivity contribution >= 4 is 5.91 Å². The van der Waals surface area contributed by atoms with Crippen molar-refractivity contribution in [3.8, 4) is 0 Å². The summed E-state index contributed by atoms with van der Waals surface area (Å²) in [5, 5.41) is 3.18. The zero-order valence-electron chi connectivity index (χ0n) is 10.3. The first-order valence-electron chi connectivity index (χ1n) is 6.34. The molecule has 1 N–H and O–H groups in total. The summed E-state index contributed by atoms with van der Waals surface area (Å²) in [6.45, 7) is 4.33. The molecule has 1 aromatic heterocycles. The van der Waals surface area contributed by atoms with Gasteiger partial charge in [-0.25, -0.2) is 0 Å². The fourth-order valence-electron chi connectivity index (χ4n) is 1.89. The number of hydrogen-bond donors (Lipinski definition) is 1. The molecule has 2 rings (SSSR count). The zero-order chi connectivity index (χ0) is 12.1. The molecule has 1 fully saturated rings. The second-order valence-electron chi connectivity index (χ2n) is 4.44. The summed E-state index contributed by atoms with van der Waals surface area (Å²) in [4.78, 5) is 14.0. The summed E-state index contributed by atoms with van der Waals surface area (Å²) in [6, 6.07) is 4.23. The van der Waals surface area contributed by atoms with Crippen LogP contribution in [0.3, 0.4) is 0 Å². The summed E-state index contributed by atoms with van der Waals surface area (Å²) in [5.41, 5.74) is 0. The van der Waals surface area contributed by atoms with Crippen LogP contribution in [0.25, 0.3) is 0 Å². The van der Waals surface area contributed by atoms with Crippen molar-refractivity contribution in [3.63, 3.8) is 0 Å². The van der Waals surface area contributed by atoms with Crippen molar-refractivity contribution in [3.05, 3.63) is 24.2 Å². The number of amides is 1. The number of carbonyl (C=O) groups is 1. The van der Waals surface area contributed by atoms with Gasteiger partial charge in [-0.15, -0.1) is 0 Å². The standard InChI is InChI=1S/C13H20N2O2/c1-2-14-8-7-13(16)15(11-5-6-11)10-12-4-3-9-17-12/h3-4,9,11,14H,2,5-8,10H2,1H3. The molecule has 0 radical (unpaired) electrons. The van der Waals surface area contributed by atoms with Gasteiger partial charge >= 0.3 is 0 Å². The Morgan fingerprint density at radius 3 is 3.00 bits per heavy atom. The number of nitrogens with zero attached hydrogens (tertiary/aromatic N) is 1. The summed E-state index contributed by atoms with van der Waals surface area (Å²) in [5.74, 6) is 1.10. The molecular formula is C13H20N2O2. The Morgan fingerprint density at radius 2 is 2.41 bits per heavy atom. The fraction of sp³-hybridized carbons (Fsp3) is 0.615. The van der Waals surface area contributed by atoms with Crippen LogP contribution < -0.4 is 5.32 Å². The molecule has 17 heavy (non-hydrogen) atoms. The molecule has 4 heteroatoms. The normalized spacial score (nSPS) is 14.9. The van der Waals surface area contributed by atoms with Crippen LogP contribution in [0.5, 0.6) is 0 Å². The predicted octanol–water partition coefficient (Wildman–Crippen LogP) is 1.77. The van der Waals surface area contributed by atoms with Gasteiger partial charge in [0.25, 0.3) is 0 Å². The molecule has 1 aliphatic carbocycles. The molecule has 4 nitrogen and oxygen atoms in total. The molecule has 1 aromatic rings. The van der Waals surface area contributed by atoms with Gasteiger partial charge in [0.1, 0.15) is 5.76 Å². The Bertz CT molecular complexity index is 344. The Balaban J connectivity index is 1.86. The van der Waals surface area contributed by atoms with E-state index >= 15 is 0 Å². The highest BCUT2D eigenvalue weighted by atomic mass is 16.3. The van der Waals surface area contributed by atoms with Gasteiger partial charge in [0, 0.05) is 19.0 Å². The van der Waals surface area contributed by atoms with Gasteiger partial charge in [-0.05, 0) is 31.5 Å². The van der Waals surface area contributed by atoms with E-state index in [0.717, 1.165) is 31.7 Å². The van der Waals surface area contributed by atoms with E-state index in [-0.39, 0.29) is 5.91 Å². The maximum absolute atomic E-state index is 12.1. The molecule has 0 bridgehead atoms. The Kier molecular flexibility index (Phi) is 4.20. The lowest BCUT2D eigenvalue weighted by Gasteiger charge is -2.21. The third-order valence-corrected chi connectivity index (χ3v) is 2.98. The van der Waals surface area contributed by atoms with Crippen molar-refractivity contribution in [1.29, 1.82) is 0 Å². The molecule has 1 heterocycles. The van der Waals surface area contributed by atoms with Crippen LogP contribution in [-0.4, -0.2) is 29.9 Å². The third kappa shape index (κ3) is 3.60. The highest BCUT2D eigenvalue weighted by molar-refractivity contribution is 5.77. The molecule has 0 unspecified atom stereocenters. The number of hydrogen-bond acceptors (Lipinski definition) is 3. The SMILES string of the molecule is CCNCCC(=O)N(Cc1ccco1)C1CC1. The molecule has 1 aliphatic rings. The lowest BCUT2D eigenvalue weighted by molar-refractivity contribution is -0.132. The highest BCUT2D eigenvalue weighted by Gasteiger charge is 2.32. The molecule has 1 saturated carbocycles. The number of nitrogens with one attached hydrogen (secondary N) is 1. The molecular weight excluding hydrogens is 216 g/mol. The van der Waals surface area contributed by atoms with Gasteiger partial charge in [-0.1, -0.05) is 6.92 Å². The topological polar surface area (TPSA) is 45.5 Å². The largest absolute Gasteiger partial charge is 0.467 e. The minimum absolute atomic E-state index is 0.227. The van der Waals surface area contributed by atoms with Crippen LogP contribution in [0.4, 0.5) is 0 Å². The fourth-order valence-corrected chi connectivity index (χ4v) is 1.89. The summed E-state index contributed by atoms with van der Waals surface area (Å²) >= 11 is 0. The van der Waals surface area contributed by atoms with Crippen molar-refractivity contribution in [2.45, 2.75) is 38.8 Å². The van der Waals surface area contributed by atoms with Crippen LogP contribution in [0, 0.1) is 0 Å². The van der Waals surface area contributed by atoms with E-state index in [0.29, 0.717) is 19.0 Å². The van der Waals surface area contributed by atoms with Gasteiger partial charge in [0.15, 0.2) is 0 Å². The van der Waals surface area contributed by atoms with Gasteiger partial charge < -0.3 is 14.6 Å². The first-order valence-corrected chi connectivity index (χ1v) is 6.34. The molecule has 0 aromatic carbocycles. The molecule has 0 saturated heterocycles. The van der Waals surface area contributed by atoms with E-state index < -0.39 is 0 Å². The first kappa shape index (κ1) is 12.2. The van der Waals surface area contributed by atoms with E-state index in [4.69, 9.17) is 4.42 Å². The zero-order valence-corrected chi connectivity index (χ0v) is 10.3. The minimum Gasteiger partial charge on any atom is -0.467 e. The van der Waals surface area contributed by atoms with Gasteiger partial charge in [0.2, 0.25) is 5.91 Å². The van der Waals surface area contributed by atoms with Gasteiger partial charge in [-0.2, -0.15) is 0 Å². The van der Waals surface area contributed by atoms with Crippen molar-refractivity contribution < 1.29 is 9.21 Å². The third-order valence-electron chi connectivity index (χ3n) is 2.98. The van der Waals surface area contributed by atoms with Crippen molar-refractivity contribution in [2.75, 3.05) is 13.1 Å². The predicted molar refractivity (Wildman–Crippen MR) is 65.4 cm³/mol. The highest BCUT2D eigenvalue weighted by Crippen LogP contribution is 2.28. The van der Waals surface area contributed by atoms with Crippen molar-refractivity contribution in [2.24, 2.45) is 0 Å². The first-order chi connectivity index (χ1) is 8.31. The summed E-state index contributed by atoms with van der Waals surface area (Å²) in [6.07, 6.45) is 4.50.